The molecule has 3 aromatic rings. The fourth-order valence-corrected chi connectivity index (χ4v) is 3.40. The van der Waals surface area contributed by atoms with E-state index in [9.17, 15) is 35.9 Å². The molecule has 1 N–H and O–H groups in total. The first-order chi connectivity index (χ1) is 16.3. The van der Waals surface area contributed by atoms with Crippen LogP contribution in [0.25, 0.3) is 22.6 Å². The maximum Gasteiger partial charge on any atom is 0.439 e. The average molecular weight is 508 g/mol. The van der Waals surface area contributed by atoms with E-state index >= 15 is 0 Å². The zero-order valence-corrected chi connectivity index (χ0v) is 18.8. The lowest BCUT2D eigenvalue weighted by molar-refractivity contribution is -0.304. The van der Waals surface area contributed by atoms with Crippen molar-refractivity contribution < 1.29 is 35.8 Å². The number of nitrogens with one attached hydrogen (secondary N) is 1. The number of nitrogens with zero attached hydrogens (tertiary/aromatic N) is 3. The van der Waals surface area contributed by atoms with Crippen molar-refractivity contribution >= 4 is 11.2 Å². The summed E-state index contributed by atoms with van der Waals surface area (Å²) < 4.78 is 89.1. The minimum absolute atomic E-state index is 0.0310. The predicted octanol–water partition coefficient (Wildman–Crippen LogP) is 3.73. The first-order valence-electron chi connectivity index (χ1n) is 10.4. The van der Waals surface area contributed by atoms with Crippen LogP contribution in [0.5, 0.6) is 5.75 Å². The van der Waals surface area contributed by atoms with Crippen LogP contribution in [-0.2, 0) is 17.8 Å². The molecular weight excluding hydrogens is 486 g/mol. The van der Waals surface area contributed by atoms with Crippen LogP contribution in [-0.4, -0.2) is 51.3 Å². The van der Waals surface area contributed by atoms with Crippen molar-refractivity contribution in [3.8, 4) is 17.1 Å². The lowest BCUT2D eigenvalue weighted by Gasteiger charge is -2.23. The maximum atomic E-state index is 13.6. The summed E-state index contributed by atoms with van der Waals surface area (Å²) in [4.78, 5) is 31.7. The van der Waals surface area contributed by atoms with Crippen molar-refractivity contribution in [3.63, 3.8) is 0 Å². The van der Waals surface area contributed by atoms with Crippen LogP contribution in [0, 0.1) is 5.92 Å². The zero-order chi connectivity index (χ0) is 26.1. The molecule has 192 valence electrons. The number of H-pyrrole nitrogens is 1. The molecule has 1 aromatic carbocycles. The fourth-order valence-electron chi connectivity index (χ4n) is 3.40. The van der Waals surface area contributed by atoms with Crippen LogP contribution in [0.3, 0.4) is 0 Å². The molecule has 35 heavy (non-hydrogen) atoms. The highest BCUT2D eigenvalue weighted by Gasteiger charge is 2.59. The van der Waals surface area contributed by atoms with Crippen molar-refractivity contribution in [2.75, 3.05) is 13.7 Å². The number of rotatable bonds is 9. The van der Waals surface area contributed by atoms with Gasteiger partial charge in [0.2, 0.25) is 0 Å². The molecule has 14 heteroatoms. The van der Waals surface area contributed by atoms with Crippen LogP contribution in [0.2, 0.25) is 0 Å². The molecule has 0 amide bonds. The SMILES string of the molecule is COCCn1c(-c2ccc(OC(F)(F)[C@H](F)C(F)(F)F)cc2)nc2c1c(=O)[nH]c(=O)n2CC(C)C. The van der Waals surface area contributed by atoms with E-state index in [0.717, 1.165) is 12.1 Å². The van der Waals surface area contributed by atoms with E-state index in [0.29, 0.717) is 0 Å². The van der Waals surface area contributed by atoms with Gasteiger partial charge in [-0.3, -0.25) is 14.3 Å². The van der Waals surface area contributed by atoms with E-state index in [4.69, 9.17) is 4.74 Å². The smallest absolute Gasteiger partial charge is 0.430 e. The van der Waals surface area contributed by atoms with E-state index in [2.05, 4.69) is 14.7 Å². The van der Waals surface area contributed by atoms with Gasteiger partial charge in [0.15, 0.2) is 11.2 Å². The summed E-state index contributed by atoms with van der Waals surface area (Å²) in [7, 11) is 1.43. The molecule has 0 spiro atoms. The Hall–Kier alpha value is -3.29. The Kier molecular flexibility index (Phi) is 7.34. The summed E-state index contributed by atoms with van der Waals surface area (Å²) in [5.41, 5.74) is -0.912. The maximum absolute atomic E-state index is 13.6. The molecule has 2 aromatic heterocycles. The molecular formula is C21H22F6N4O4. The van der Waals surface area contributed by atoms with Crippen molar-refractivity contribution in [1.82, 2.24) is 19.1 Å². The molecule has 0 aliphatic carbocycles. The number of fused-ring (bicyclic) bond motifs is 1. The van der Waals surface area contributed by atoms with Gasteiger partial charge in [-0.15, -0.1) is 0 Å². The number of benzene rings is 1. The number of hydrogen-bond donors (Lipinski definition) is 1. The fraction of sp³-hybridized carbons (Fsp3) is 0.476. The largest absolute Gasteiger partial charge is 0.439 e. The van der Waals surface area contributed by atoms with Crippen molar-refractivity contribution in [3.05, 3.63) is 45.1 Å². The predicted molar refractivity (Wildman–Crippen MR) is 113 cm³/mol. The molecule has 1 atom stereocenters. The highest BCUT2D eigenvalue weighted by Crippen LogP contribution is 2.37. The zero-order valence-electron chi connectivity index (χ0n) is 18.8. The first-order valence-corrected chi connectivity index (χ1v) is 10.4. The normalized spacial score (nSPS) is 13.5. The second-order valence-corrected chi connectivity index (χ2v) is 8.11. The van der Waals surface area contributed by atoms with Gasteiger partial charge >= 0.3 is 18.0 Å². The summed E-state index contributed by atoms with van der Waals surface area (Å²) in [6.07, 6.45) is -15.5. The quantitative estimate of drug-likeness (QED) is 0.445. The number of alkyl halides is 6. The molecule has 0 radical (unpaired) electrons. The van der Waals surface area contributed by atoms with Crippen LogP contribution in [0.15, 0.2) is 33.9 Å². The topological polar surface area (TPSA) is 91.1 Å². The van der Waals surface area contributed by atoms with Crippen molar-refractivity contribution in [2.45, 2.75) is 45.4 Å². The van der Waals surface area contributed by atoms with Gasteiger partial charge in [-0.25, -0.2) is 14.2 Å². The molecule has 2 heterocycles. The lowest BCUT2D eigenvalue weighted by Crippen LogP contribution is -2.45. The Labute approximate surface area is 194 Å². The summed E-state index contributed by atoms with van der Waals surface area (Å²) in [6, 6.07) is 4.24. The van der Waals surface area contributed by atoms with Gasteiger partial charge in [-0.1, -0.05) is 13.8 Å². The van der Waals surface area contributed by atoms with Gasteiger partial charge in [0, 0.05) is 25.8 Å². The number of aromatic amines is 1. The third-order valence-corrected chi connectivity index (χ3v) is 4.90. The number of imidazole rings is 1. The Bertz CT molecular complexity index is 1290. The standard InChI is InChI=1S/C21H22F6N4O4/c1-11(2)10-31-16-14(17(32)29-19(31)33)30(8-9-34-3)15(28-16)12-4-6-13(7-5-12)35-21(26,27)18(22)20(23,24)25/h4-7,11,18H,8-10H2,1-3H3,(H,29,32,33)/t18-/m1/s1. The third kappa shape index (κ3) is 5.52. The van der Waals surface area contributed by atoms with Gasteiger partial charge in [0.25, 0.3) is 11.7 Å². The summed E-state index contributed by atoms with van der Waals surface area (Å²) in [5, 5.41) is 0. The molecule has 3 rings (SSSR count). The second-order valence-electron chi connectivity index (χ2n) is 8.11. The summed E-state index contributed by atoms with van der Waals surface area (Å²) >= 11 is 0. The van der Waals surface area contributed by atoms with E-state index in [-0.39, 0.29) is 48.2 Å². The third-order valence-electron chi connectivity index (χ3n) is 4.90. The Morgan fingerprint density at radius 3 is 2.23 bits per heavy atom. The highest BCUT2D eigenvalue weighted by atomic mass is 19.4. The molecule has 8 nitrogen and oxygen atoms in total. The van der Waals surface area contributed by atoms with Gasteiger partial charge in [-0.05, 0) is 30.2 Å². The second kappa shape index (κ2) is 9.76. The Morgan fingerprint density at radius 1 is 1.06 bits per heavy atom. The van der Waals surface area contributed by atoms with Gasteiger partial charge in [0.1, 0.15) is 11.6 Å². The molecule has 0 aliphatic heterocycles. The van der Waals surface area contributed by atoms with Crippen molar-refractivity contribution in [1.29, 1.82) is 0 Å². The van der Waals surface area contributed by atoms with Crippen LogP contribution in [0.1, 0.15) is 13.8 Å². The molecule has 0 unspecified atom stereocenters. The monoisotopic (exact) mass is 508 g/mol. The minimum Gasteiger partial charge on any atom is -0.430 e. The first kappa shape index (κ1) is 26.3. The Morgan fingerprint density at radius 2 is 1.69 bits per heavy atom. The number of methoxy groups -OCH3 is 1. The average Bonchev–Trinajstić information content (AvgIpc) is 3.14. The van der Waals surface area contributed by atoms with E-state index < -0.39 is 35.5 Å². The van der Waals surface area contributed by atoms with E-state index in [1.165, 1.54) is 28.4 Å². The Balaban J connectivity index is 2.08. The molecule has 0 saturated heterocycles. The lowest BCUT2D eigenvalue weighted by atomic mass is 10.2. The van der Waals surface area contributed by atoms with Crippen LogP contribution in [0.4, 0.5) is 26.3 Å². The molecule has 0 fully saturated rings. The van der Waals surface area contributed by atoms with Gasteiger partial charge in [-0.2, -0.15) is 22.0 Å². The minimum atomic E-state index is -5.81. The summed E-state index contributed by atoms with van der Waals surface area (Å²) in [5.74, 6) is -0.522. The number of ether oxygens (including phenoxy) is 2. The molecule has 0 aliphatic rings. The van der Waals surface area contributed by atoms with Gasteiger partial charge < -0.3 is 14.0 Å². The number of aromatic nitrogens is 4. The van der Waals surface area contributed by atoms with Crippen molar-refractivity contribution in [2.24, 2.45) is 5.92 Å². The molecule has 0 bridgehead atoms. The van der Waals surface area contributed by atoms with Crippen LogP contribution < -0.4 is 16.0 Å². The summed E-state index contributed by atoms with van der Waals surface area (Å²) in [6.45, 7) is 4.27. The number of halogens is 6. The van der Waals surface area contributed by atoms with Crippen LogP contribution >= 0.6 is 0 Å². The van der Waals surface area contributed by atoms with E-state index in [1.807, 2.05) is 13.8 Å². The molecule has 0 saturated carbocycles. The highest BCUT2D eigenvalue weighted by molar-refractivity contribution is 5.77. The van der Waals surface area contributed by atoms with E-state index in [1.54, 1.807) is 0 Å². The van der Waals surface area contributed by atoms with Gasteiger partial charge in [0.05, 0.1) is 6.61 Å². The number of hydrogen-bond acceptors (Lipinski definition) is 5.